The second kappa shape index (κ2) is 4.76. The number of carbonyl (C=O) groups excluding carboxylic acids is 1. The van der Waals surface area contributed by atoms with Gasteiger partial charge in [-0.05, 0) is 19.1 Å². The molecule has 0 unspecified atom stereocenters. The molecule has 0 heterocycles. The lowest BCUT2D eigenvalue weighted by molar-refractivity contribution is 0.0521. The van der Waals surface area contributed by atoms with E-state index in [9.17, 15) is 9.18 Å². The fraction of sp³-hybridized carbons (Fsp3) is 0.200. The van der Waals surface area contributed by atoms with Crippen molar-refractivity contribution in [3.05, 3.63) is 34.1 Å². The number of halogens is 2. The Bertz CT molecular complexity index is 440. The van der Waals surface area contributed by atoms with Crippen LogP contribution in [-0.2, 0) is 4.74 Å². The first-order valence-corrected chi connectivity index (χ1v) is 4.54. The molecule has 0 radical (unpaired) electrons. The van der Waals surface area contributed by atoms with Gasteiger partial charge in [-0.3, -0.25) is 0 Å². The Labute approximate surface area is 91.0 Å². The molecule has 0 saturated heterocycles. The maximum atomic E-state index is 13.5. The minimum atomic E-state index is -0.941. The van der Waals surface area contributed by atoms with E-state index < -0.39 is 11.8 Å². The molecule has 3 nitrogen and oxygen atoms in total. The summed E-state index contributed by atoms with van der Waals surface area (Å²) in [6.07, 6.45) is 0. The fourth-order valence-electron chi connectivity index (χ4n) is 1.02. The molecule has 0 aliphatic carbocycles. The highest BCUT2D eigenvalue weighted by atomic mass is 35.5. The zero-order valence-corrected chi connectivity index (χ0v) is 8.64. The Morgan fingerprint density at radius 1 is 1.67 bits per heavy atom. The number of benzene rings is 1. The SMILES string of the molecule is CCOC(=O)c1ccc(Cl)c(C#N)c1F. The summed E-state index contributed by atoms with van der Waals surface area (Å²) in [6.45, 7) is 1.75. The van der Waals surface area contributed by atoms with Crippen molar-refractivity contribution in [1.82, 2.24) is 0 Å². The Hall–Kier alpha value is -1.60. The third-order valence-corrected chi connectivity index (χ3v) is 2.01. The van der Waals surface area contributed by atoms with Gasteiger partial charge in [0.25, 0.3) is 0 Å². The first-order chi connectivity index (χ1) is 7.11. The smallest absolute Gasteiger partial charge is 0.341 e. The monoisotopic (exact) mass is 227 g/mol. The van der Waals surface area contributed by atoms with Crippen LogP contribution in [0.4, 0.5) is 4.39 Å². The number of hydrogen-bond donors (Lipinski definition) is 0. The summed E-state index contributed by atoms with van der Waals surface area (Å²) in [7, 11) is 0. The van der Waals surface area contributed by atoms with Gasteiger partial charge in [-0.2, -0.15) is 5.26 Å². The molecule has 1 rings (SSSR count). The largest absolute Gasteiger partial charge is 0.462 e. The van der Waals surface area contributed by atoms with Crippen molar-refractivity contribution in [2.24, 2.45) is 0 Å². The molecule has 0 saturated carbocycles. The Kier molecular flexibility index (Phi) is 3.64. The van der Waals surface area contributed by atoms with Crippen molar-refractivity contribution in [2.75, 3.05) is 6.61 Å². The number of nitrogens with zero attached hydrogens (tertiary/aromatic N) is 1. The van der Waals surface area contributed by atoms with E-state index in [2.05, 4.69) is 4.74 Å². The molecule has 0 fully saturated rings. The van der Waals surface area contributed by atoms with Crippen LogP contribution in [-0.4, -0.2) is 12.6 Å². The van der Waals surface area contributed by atoms with Gasteiger partial charge in [-0.1, -0.05) is 11.6 Å². The van der Waals surface area contributed by atoms with Gasteiger partial charge in [0.15, 0.2) is 5.82 Å². The van der Waals surface area contributed by atoms with Gasteiger partial charge < -0.3 is 4.74 Å². The van der Waals surface area contributed by atoms with Crippen molar-refractivity contribution >= 4 is 17.6 Å². The second-order valence-corrected chi connectivity index (χ2v) is 3.02. The predicted octanol–water partition coefficient (Wildman–Crippen LogP) is 2.53. The molecule has 5 heteroatoms. The summed E-state index contributed by atoms with van der Waals surface area (Å²) in [6, 6.07) is 4.06. The van der Waals surface area contributed by atoms with Crippen molar-refractivity contribution in [3.8, 4) is 6.07 Å². The Morgan fingerprint density at radius 3 is 2.87 bits per heavy atom. The van der Waals surface area contributed by atoms with E-state index in [0.29, 0.717) is 0 Å². The molecule has 0 bridgehead atoms. The summed E-state index contributed by atoms with van der Waals surface area (Å²) in [5.74, 6) is -1.74. The van der Waals surface area contributed by atoms with Crippen LogP contribution in [0.2, 0.25) is 5.02 Å². The minimum Gasteiger partial charge on any atom is -0.462 e. The van der Waals surface area contributed by atoms with Crippen LogP contribution in [0.3, 0.4) is 0 Å². The Morgan fingerprint density at radius 2 is 2.33 bits per heavy atom. The molecule has 15 heavy (non-hydrogen) atoms. The summed E-state index contributed by atoms with van der Waals surface area (Å²) in [4.78, 5) is 11.2. The van der Waals surface area contributed by atoms with Crippen LogP contribution in [0.15, 0.2) is 12.1 Å². The highest BCUT2D eigenvalue weighted by Crippen LogP contribution is 2.21. The van der Waals surface area contributed by atoms with Crippen LogP contribution < -0.4 is 0 Å². The predicted molar refractivity (Wildman–Crippen MR) is 52.1 cm³/mol. The van der Waals surface area contributed by atoms with Gasteiger partial charge in [-0.15, -0.1) is 0 Å². The maximum absolute atomic E-state index is 13.5. The molecule has 1 aromatic rings. The first-order valence-electron chi connectivity index (χ1n) is 4.17. The number of esters is 1. The summed E-state index contributed by atoms with van der Waals surface area (Å²) in [5.41, 5.74) is -0.625. The second-order valence-electron chi connectivity index (χ2n) is 2.62. The van der Waals surface area contributed by atoms with Crippen LogP contribution in [0, 0.1) is 17.1 Å². The summed E-state index contributed by atoms with van der Waals surface area (Å²) >= 11 is 5.57. The van der Waals surface area contributed by atoms with E-state index in [1.807, 2.05) is 0 Å². The van der Waals surface area contributed by atoms with E-state index in [4.69, 9.17) is 16.9 Å². The van der Waals surface area contributed by atoms with E-state index in [1.54, 1.807) is 13.0 Å². The highest BCUT2D eigenvalue weighted by molar-refractivity contribution is 6.31. The average Bonchev–Trinajstić information content (AvgIpc) is 2.18. The quantitative estimate of drug-likeness (QED) is 0.730. The molecular formula is C10H7ClFNO2. The third-order valence-electron chi connectivity index (χ3n) is 1.70. The number of ether oxygens (including phenoxy) is 1. The van der Waals surface area contributed by atoms with Gasteiger partial charge in [0, 0.05) is 0 Å². The van der Waals surface area contributed by atoms with E-state index in [1.165, 1.54) is 12.1 Å². The van der Waals surface area contributed by atoms with Gasteiger partial charge in [-0.25, -0.2) is 9.18 Å². The van der Waals surface area contributed by atoms with E-state index in [0.717, 1.165) is 0 Å². The van der Waals surface area contributed by atoms with Gasteiger partial charge in [0.2, 0.25) is 0 Å². The van der Waals surface area contributed by atoms with Crippen molar-refractivity contribution in [2.45, 2.75) is 6.92 Å². The number of nitriles is 1. The lowest BCUT2D eigenvalue weighted by Gasteiger charge is -2.04. The van der Waals surface area contributed by atoms with Crippen LogP contribution in [0.5, 0.6) is 0 Å². The third kappa shape index (κ3) is 2.25. The molecule has 0 amide bonds. The number of carbonyl (C=O) groups is 1. The van der Waals surface area contributed by atoms with Gasteiger partial charge >= 0.3 is 5.97 Å². The van der Waals surface area contributed by atoms with Crippen molar-refractivity contribution in [1.29, 1.82) is 5.26 Å². The molecule has 1 aromatic carbocycles. The lowest BCUT2D eigenvalue weighted by Crippen LogP contribution is -2.08. The normalized spacial score (nSPS) is 9.47. The number of hydrogen-bond acceptors (Lipinski definition) is 3. The highest BCUT2D eigenvalue weighted by Gasteiger charge is 2.18. The van der Waals surface area contributed by atoms with Crippen molar-refractivity contribution in [3.63, 3.8) is 0 Å². The molecule has 0 atom stereocenters. The summed E-state index contributed by atoms with van der Waals surface area (Å²) in [5, 5.41) is 8.58. The van der Waals surface area contributed by atoms with Crippen LogP contribution >= 0.6 is 11.6 Å². The molecule has 78 valence electrons. The minimum absolute atomic E-state index is 0.0250. The van der Waals surface area contributed by atoms with Crippen LogP contribution in [0.1, 0.15) is 22.8 Å². The first kappa shape index (κ1) is 11.5. The van der Waals surface area contributed by atoms with Gasteiger partial charge in [0.05, 0.1) is 17.2 Å². The maximum Gasteiger partial charge on any atom is 0.341 e. The summed E-state index contributed by atoms with van der Waals surface area (Å²) < 4.78 is 18.1. The average molecular weight is 228 g/mol. The molecule has 0 N–H and O–H groups in total. The van der Waals surface area contributed by atoms with Gasteiger partial charge in [0.1, 0.15) is 11.6 Å². The molecule has 0 aliphatic heterocycles. The molecule has 0 aromatic heterocycles. The standard InChI is InChI=1S/C10H7ClFNO2/c1-2-15-10(14)6-3-4-8(11)7(5-13)9(6)12/h3-4H,2H2,1H3. The molecule has 0 spiro atoms. The zero-order valence-electron chi connectivity index (χ0n) is 7.88. The van der Waals surface area contributed by atoms with E-state index in [-0.39, 0.29) is 22.8 Å². The lowest BCUT2D eigenvalue weighted by atomic mass is 10.1. The Balaban J connectivity index is 3.23. The molecule has 0 aliphatic rings. The number of rotatable bonds is 2. The van der Waals surface area contributed by atoms with Crippen LogP contribution in [0.25, 0.3) is 0 Å². The fourth-order valence-corrected chi connectivity index (χ4v) is 1.21. The topological polar surface area (TPSA) is 50.1 Å². The van der Waals surface area contributed by atoms with E-state index >= 15 is 0 Å². The van der Waals surface area contributed by atoms with Crippen molar-refractivity contribution < 1.29 is 13.9 Å². The molecular weight excluding hydrogens is 221 g/mol. The zero-order chi connectivity index (χ0) is 11.4.